The second-order valence-electron chi connectivity index (χ2n) is 6.77. The van der Waals surface area contributed by atoms with E-state index in [-0.39, 0.29) is 11.4 Å². The van der Waals surface area contributed by atoms with Gasteiger partial charge in [0.2, 0.25) is 0 Å². The van der Waals surface area contributed by atoms with Gasteiger partial charge in [0, 0.05) is 18.6 Å². The maximum Gasteiger partial charge on any atom is 0.306 e. The Bertz CT molecular complexity index is 708. The summed E-state index contributed by atoms with van der Waals surface area (Å²) in [5.74, 6) is -0.322. The van der Waals surface area contributed by atoms with E-state index in [2.05, 4.69) is 5.32 Å². The first kappa shape index (κ1) is 17.3. The Hall–Kier alpha value is -2.51. The molecule has 0 unspecified atom stereocenters. The van der Waals surface area contributed by atoms with Crippen molar-refractivity contribution >= 4 is 23.3 Å². The van der Waals surface area contributed by atoms with Gasteiger partial charge in [0.05, 0.1) is 10.6 Å². The van der Waals surface area contributed by atoms with Crippen LogP contribution in [0.5, 0.6) is 0 Å². The number of rotatable bonds is 6. The number of nitro benzene ring substituents is 1. The number of amides is 1. The zero-order chi connectivity index (χ0) is 18.0. The number of esters is 1. The third kappa shape index (κ3) is 4.12. The van der Waals surface area contributed by atoms with Gasteiger partial charge in [0.25, 0.3) is 11.6 Å². The van der Waals surface area contributed by atoms with E-state index in [9.17, 15) is 24.1 Å². The monoisotopic (exact) mass is 350 g/mol. The molecule has 1 aromatic carbocycles. The quantitative estimate of drug-likeness (QED) is 0.483. The number of hydrogen-bond acceptors (Lipinski definition) is 5. The van der Waals surface area contributed by atoms with Crippen molar-refractivity contribution in [2.24, 2.45) is 17.8 Å². The molecule has 0 heterocycles. The fraction of sp³-hybridized carbons (Fsp3) is 0.529. The molecular formula is C17H19FN2O5. The lowest BCUT2D eigenvalue weighted by Crippen LogP contribution is -2.23. The molecule has 7 nitrogen and oxygen atoms in total. The number of nitrogens with zero attached hydrogens (tertiary/aromatic N) is 1. The molecule has 2 aliphatic rings. The first-order valence-corrected chi connectivity index (χ1v) is 8.31. The second kappa shape index (κ2) is 7.16. The smallest absolute Gasteiger partial charge is 0.306 e. The Labute approximate surface area is 143 Å². The fourth-order valence-corrected chi connectivity index (χ4v) is 3.95. The third-order valence-electron chi connectivity index (χ3n) is 5.11. The molecule has 2 bridgehead atoms. The van der Waals surface area contributed by atoms with Crippen molar-refractivity contribution in [3.05, 3.63) is 34.1 Å². The molecule has 134 valence electrons. The zero-order valence-electron chi connectivity index (χ0n) is 13.6. The van der Waals surface area contributed by atoms with Crippen molar-refractivity contribution in [3.8, 4) is 0 Å². The molecule has 0 aliphatic heterocycles. The number of anilines is 1. The van der Waals surface area contributed by atoms with Gasteiger partial charge in [-0.25, -0.2) is 4.39 Å². The maximum absolute atomic E-state index is 13.6. The minimum absolute atomic E-state index is 0.305. The first-order chi connectivity index (χ1) is 11.9. The lowest BCUT2D eigenvalue weighted by atomic mass is 9.86. The predicted octanol–water partition coefficient (Wildman–Crippen LogP) is 3.04. The number of nitrogens with one attached hydrogen (secondary N) is 1. The normalized spacial score (nSPS) is 24.1. The van der Waals surface area contributed by atoms with Gasteiger partial charge >= 0.3 is 5.97 Å². The topological polar surface area (TPSA) is 98.5 Å². The molecule has 3 atom stereocenters. The van der Waals surface area contributed by atoms with Crippen LogP contribution in [0.15, 0.2) is 18.2 Å². The number of nitro groups is 1. The third-order valence-corrected chi connectivity index (χ3v) is 5.11. The summed E-state index contributed by atoms with van der Waals surface area (Å²) in [6.07, 6.45) is 4.94. The second-order valence-corrected chi connectivity index (χ2v) is 6.77. The summed E-state index contributed by atoms with van der Waals surface area (Å²) in [7, 11) is 0. The Morgan fingerprint density at radius 1 is 1.32 bits per heavy atom. The number of non-ortho nitro benzene ring substituents is 1. The van der Waals surface area contributed by atoms with Crippen LogP contribution in [0.2, 0.25) is 0 Å². The highest BCUT2D eigenvalue weighted by Gasteiger charge is 2.40. The van der Waals surface area contributed by atoms with E-state index in [1.807, 2.05) is 0 Å². The van der Waals surface area contributed by atoms with Crippen LogP contribution in [-0.4, -0.2) is 23.4 Å². The van der Waals surface area contributed by atoms with Crippen molar-refractivity contribution in [2.45, 2.75) is 32.1 Å². The summed E-state index contributed by atoms with van der Waals surface area (Å²) in [5.41, 5.74) is -0.659. The standard InChI is InChI=1S/C17H19FN2O5/c18-14-4-3-13(20(23)24)8-15(14)19-16(21)9-25-17(22)7-12-6-10-1-2-11(12)5-10/h3-4,8,10-12H,1-2,5-7,9H2,(H,19,21)/t10-,11+,12-/m0/s1. The number of ether oxygens (including phenoxy) is 1. The first-order valence-electron chi connectivity index (χ1n) is 8.31. The lowest BCUT2D eigenvalue weighted by Gasteiger charge is -2.20. The Balaban J connectivity index is 1.47. The van der Waals surface area contributed by atoms with Crippen molar-refractivity contribution in [1.29, 1.82) is 0 Å². The summed E-state index contributed by atoms with van der Waals surface area (Å²) < 4.78 is 18.6. The molecule has 1 aromatic rings. The predicted molar refractivity (Wildman–Crippen MR) is 86.2 cm³/mol. The molecule has 0 saturated heterocycles. The average Bonchev–Trinajstić information content (AvgIpc) is 3.17. The van der Waals surface area contributed by atoms with Gasteiger partial charge < -0.3 is 10.1 Å². The SMILES string of the molecule is O=C(COC(=O)C[C@@H]1C[C@H]2CC[C@@H]1C2)Nc1cc([N+](=O)[O-])ccc1F. The number of fused-ring (bicyclic) bond motifs is 2. The molecule has 2 fully saturated rings. The highest BCUT2D eigenvalue weighted by molar-refractivity contribution is 5.93. The van der Waals surface area contributed by atoms with Gasteiger partial charge in [-0.15, -0.1) is 0 Å². The van der Waals surface area contributed by atoms with Crippen molar-refractivity contribution in [3.63, 3.8) is 0 Å². The largest absolute Gasteiger partial charge is 0.456 e. The van der Waals surface area contributed by atoms with Gasteiger partial charge in [-0.2, -0.15) is 0 Å². The van der Waals surface area contributed by atoms with Crippen LogP contribution in [0.3, 0.4) is 0 Å². The van der Waals surface area contributed by atoms with Crippen LogP contribution >= 0.6 is 0 Å². The van der Waals surface area contributed by atoms with Crippen LogP contribution < -0.4 is 5.32 Å². The average molecular weight is 350 g/mol. The van der Waals surface area contributed by atoms with Gasteiger partial charge in [-0.3, -0.25) is 19.7 Å². The van der Waals surface area contributed by atoms with Gasteiger partial charge in [0.15, 0.2) is 6.61 Å². The van der Waals surface area contributed by atoms with Crippen LogP contribution in [-0.2, 0) is 14.3 Å². The van der Waals surface area contributed by atoms with Gasteiger partial charge in [-0.1, -0.05) is 6.42 Å². The van der Waals surface area contributed by atoms with E-state index in [1.165, 1.54) is 12.8 Å². The fourth-order valence-electron chi connectivity index (χ4n) is 3.95. The van der Waals surface area contributed by atoms with E-state index >= 15 is 0 Å². The molecule has 0 spiro atoms. The van der Waals surface area contributed by atoms with E-state index in [0.717, 1.165) is 37.0 Å². The van der Waals surface area contributed by atoms with E-state index in [4.69, 9.17) is 4.74 Å². The molecule has 0 radical (unpaired) electrons. The molecule has 25 heavy (non-hydrogen) atoms. The highest BCUT2D eigenvalue weighted by atomic mass is 19.1. The van der Waals surface area contributed by atoms with E-state index in [0.29, 0.717) is 18.3 Å². The number of halogens is 1. The molecule has 8 heteroatoms. The molecule has 2 saturated carbocycles. The van der Waals surface area contributed by atoms with Crippen LogP contribution in [0.4, 0.5) is 15.8 Å². The van der Waals surface area contributed by atoms with Crippen molar-refractivity contribution < 1.29 is 23.6 Å². The summed E-state index contributed by atoms with van der Waals surface area (Å²) in [5, 5.41) is 12.9. The van der Waals surface area contributed by atoms with Gasteiger partial charge in [0.1, 0.15) is 5.82 Å². The lowest BCUT2D eigenvalue weighted by molar-refractivity contribution is -0.384. The number of carbonyl (C=O) groups excluding carboxylic acids is 2. The number of benzene rings is 1. The minimum atomic E-state index is -0.799. The number of carbonyl (C=O) groups is 2. The summed E-state index contributed by atoms with van der Waals surface area (Å²) in [4.78, 5) is 33.7. The molecule has 2 aliphatic carbocycles. The highest BCUT2D eigenvalue weighted by Crippen LogP contribution is 2.49. The number of hydrogen-bond donors (Lipinski definition) is 1. The zero-order valence-corrected chi connectivity index (χ0v) is 13.6. The van der Waals surface area contributed by atoms with Gasteiger partial charge in [-0.05, 0) is 43.1 Å². The molecule has 1 amide bonds. The van der Waals surface area contributed by atoms with E-state index < -0.39 is 29.2 Å². The van der Waals surface area contributed by atoms with Crippen LogP contribution in [0.1, 0.15) is 32.1 Å². The Kier molecular flexibility index (Phi) is 4.96. The molecule has 1 N–H and O–H groups in total. The Morgan fingerprint density at radius 2 is 2.12 bits per heavy atom. The summed E-state index contributed by atoms with van der Waals surface area (Å²) >= 11 is 0. The van der Waals surface area contributed by atoms with Crippen LogP contribution in [0.25, 0.3) is 0 Å². The maximum atomic E-state index is 13.6. The molecule has 0 aromatic heterocycles. The molecule has 3 rings (SSSR count). The van der Waals surface area contributed by atoms with Crippen molar-refractivity contribution in [2.75, 3.05) is 11.9 Å². The summed E-state index contributed by atoms with van der Waals surface area (Å²) in [6.45, 7) is -0.540. The minimum Gasteiger partial charge on any atom is -0.456 e. The van der Waals surface area contributed by atoms with Crippen molar-refractivity contribution in [1.82, 2.24) is 0 Å². The Morgan fingerprint density at radius 3 is 2.76 bits per heavy atom. The molecular weight excluding hydrogens is 331 g/mol. The summed E-state index contributed by atoms with van der Waals surface area (Å²) in [6, 6.07) is 2.82. The van der Waals surface area contributed by atoms with Crippen LogP contribution in [0, 0.1) is 33.7 Å². The van der Waals surface area contributed by atoms with E-state index in [1.54, 1.807) is 0 Å².